The third-order valence-corrected chi connectivity index (χ3v) is 2.67. The number of hydrogen-bond donors (Lipinski definition) is 2. The fraction of sp³-hybridized carbons (Fsp3) is 0.571. The first kappa shape index (κ1) is 13.2. The molecule has 0 aliphatic heterocycles. The zero-order valence-corrected chi connectivity index (χ0v) is 10.7. The third-order valence-electron chi connectivity index (χ3n) is 2.67. The topological polar surface area (TPSA) is 32.3 Å². The summed E-state index contributed by atoms with van der Waals surface area (Å²) in [5.74, 6) is 0. The molecule has 1 unspecified atom stereocenters. The van der Waals surface area contributed by atoms with Gasteiger partial charge < -0.3 is 10.4 Å². The van der Waals surface area contributed by atoms with E-state index in [2.05, 4.69) is 43.4 Å². The Labute approximate surface area is 98.7 Å². The molecular formula is C14H23NO. The lowest BCUT2D eigenvalue weighted by molar-refractivity contribution is 0.0762. The largest absolute Gasteiger partial charge is 0.389 e. The molecule has 16 heavy (non-hydrogen) atoms. The van der Waals surface area contributed by atoms with Crippen LogP contribution in [0.3, 0.4) is 0 Å². The van der Waals surface area contributed by atoms with Gasteiger partial charge in [-0.15, -0.1) is 0 Å². The fourth-order valence-corrected chi connectivity index (χ4v) is 1.67. The van der Waals surface area contributed by atoms with E-state index in [0.29, 0.717) is 12.6 Å². The van der Waals surface area contributed by atoms with Gasteiger partial charge in [0.15, 0.2) is 0 Å². The number of aryl methyl sites for hydroxylation is 1. The number of benzene rings is 1. The van der Waals surface area contributed by atoms with Gasteiger partial charge in [-0.05, 0) is 32.8 Å². The lowest BCUT2D eigenvalue weighted by Gasteiger charge is -2.23. The van der Waals surface area contributed by atoms with E-state index in [-0.39, 0.29) is 0 Å². The summed E-state index contributed by atoms with van der Waals surface area (Å²) < 4.78 is 0. The summed E-state index contributed by atoms with van der Waals surface area (Å²) in [5, 5.41) is 13.1. The monoisotopic (exact) mass is 221 g/mol. The molecule has 0 spiro atoms. The van der Waals surface area contributed by atoms with Gasteiger partial charge in [-0.2, -0.15) is 0 Å². The van der Waals surface area contributed by atoms with Crippen molar-refractivity contribution in [2.24, 2.45) is 0 Å². The van der Waals surface area contributed by atoms with Crippen LogP contribution in [0, 0.1) is 6.92 Å². The van der Waals surface area contributed by atoms with Crippen molar-refractivity contribution in [1.82, 2.24) is 5.32 Å². The van der Waals surface area contributed by atoms with Gasteiger partial charge in [0.05, 0.1) is 5.60 Å². The van der Waals surface area contributed by atoms with Crippen LogP contribution < -0.4 is 5.32 Å². The van der Waals surface area contributed by atoms with Gasteiger partial charge in [-0.3, -0.25) is 0 Å². The molecule has 1 aromatic carbocycles. The zero-order chi connectivity index (χ0) is 12.2. The minimum absolute atomic E-state index is 0.326. The van der Waals surface area contributed by atoms with Gasteiger partial charge >= 0.3 is 0 Å². The van der Waals surface area contributed by atoms with Crippen molar-refractivity contribution in [3.05, 3.63) is 35.4 Å². The number of hydrogen-bond acceptors (Lipinski definition) is 2. The molecule has 0 amide bonds. The van der Waals surface area contributed by atoms with Crippen LogP contribution in [0.15, 0.2) is 24.3 Å². The summed E-state index contributed by atoms with van der Waals surface area (Å²) in [5.41, 5.74) is 1.91. The van der Waals surface area contributed by atoms with Crippen molar-refractivity contribution < 1.29 is 5.11 Å². The van der Waals surface area contributed by atoms with Crippen molar-refractivity contribution >= 4 is 0 Å². The van der Waals surface area contributed by atoms with Crippen LogP contribution in [0.4, 0.5) is 0 Å². The first-order valence-corrected chi connectivity index (χ1v) is 5.94. The van der Waals surface area contributed by atoms with E-state index < -0.39 is 5.60 Å². The highest BCUT2D eigenvalue weighted by Gasteiger charge is 2.15. The molecule has 0 radical (unpaired) electrons. The van der Waals surface area contributed by atoms with Gasteiger partial charge in [0.2, 0.25) is 0 Å². The van der Waals surface area contributed by atoms with Crippen molar-refractivity contribution in [3.63, 3.8) is 0 Å². The standard InChI is InChI=1S/C14H23NO/c1-5-13(15-10-14(3,4)16)12-8-6-11(2)7-9-12/h6-9,13,15-16H,5,10H2,1-4H3. The van der Waals surface area contributed by atoms with Gasteiger partial charge in [-0.1, -0.05) is 36.8 Å². The van der Waals surface area contributed by atoms with Crippen molar-refractivity contribution in [2.75, 3.05) is 6.54 Å². The van der Waals surface area contributed by atoms with Crippen molar-refractivity contribution in [2.45, 2.75) is 45.8 Å². The van der Waals surface area contributed by atoms with Gasteiger partial charge in [-0.25, -0.2) is 0 Å². The molecule has 0 bridgehead atoms. The van der Waals surface area contributed by atoms with E-state index in [1.807, 2.05) is 13.8 Å². The molecule has 0 aromatic heterocycles. The molecule has 1 rings (SSSR count). The van der Waals surface area contributed by atoms with Gasteiger partial charge in [0, 0.05) is 12.6 Å². The maximum atomic E-state index is 9.69. The smallest absolute Gasteiger partial charge is 0.0715 e. The van der Waals surface area contributed by atoms with Crippen molar-refractivity contribution in [3.8, 4) is 0 Å². The molecule has 2 N–H and O–H groups in total. The van der Waals surface area contributed by atoms with Crippen LogP contribution in [0.1, 0.15) is 44.4 Å². The molecule has 0 aliphatic carbocycles. The molecule has 0 fully saturated rings. The van der Waals surface area contributed by atoms with Crippen LogP contribution in [0.25, 0.3) is 0 Å². The molecule has 2 heteroatoms. The number of rotatable bonds is 5. The first-order chi connectivity index (χ1) is 7.42. The Bertz CT molecular complexity index is 311. The lowest BCUT2D eigenvalue weighted by Crippen LogP contribution is -2.36. The summed E-state index contributed by atoms with van der Waals surface area (Å²) in [7, 11) is 0. The van der Waals surface area contributed by atoms with Crippen LogP contribution in [0.5, 0.6) is 0 Å². The minimum atomic E-state index is -0.655. The number of nitrogens with one attached hydrogen (secondary N) is 1. The number of aliphatic hydroxyl groups is 1. The second-order valence-corrected chi connectivity index (χ2v) is 5.06. The minimum Gasteiger partial charge on any atom is -0.389 e. The van der Waals surface area contributed by atoms with E-state index in [1.54, 1.807) is 0 Å². The molecule has 90 valence electrons. The predicted molar refractivity (Wildman–Crippen MR) is 68.5 cm³/mol. The van der Waals surface area contributed by atoms with Crippen LogP contribution >= 0.6 is 0 Å². The summed E-state index contributed by atoms with van der Waals surface area (Å²) in [6.07, 6.45) is 1.03. The molecule has 0 saturated heterocycles. The average molecular weight is 221 g/mol. The lowest BCUT2D eigenvalue weighted by atomic mass is 10.0. The molecule has 0 heterocycles. The van der Waals surface area contributed by atoms with E-state index in [0.717, 1.165) is 6.42 Å². The maximum Gasteiger partial charge on any atom is 0.0715 e. The third kappa shape index (κ3) is 4.33. The van der Waals surface area contributed by atoms with E-state index >= 15 is 0 Å². The highest BCUT2D eigenvalue weighted by Crippen LogP contribution is 2.17. The summed E-state index contributed by atoms with van der Waals surface area (Å²) in [6, 6.07) is 8.89. The first-order valence-electron chi connectivity index (χ1n) is 5.94. The summed E-state index contributed by atoms with van der Waals surface area (Å²) in [6.45, 7) is 8.50. The highest BCUT2D eigenvalue weighted by molar-refractivity contribution is 5.24. The zero-order valence-electron chi connectivity index (χ0n) is 10.7. The van der Waals surface area contributed by atoms with Crippen LogP contribution in [-0.2, 0) is 0 Å². The molecule has 0 saturated carbocycles. The van der Waals surface area contributed by atoms with Crippen LogP contribution in [-0.4, -0.2) is 17.3 Å². The second kappa shape index (κ2) is 5.46. The fourth-order valence-electron chi connectivity index (χ4n) is 1.67. The van der Waals surface area contributed by atoms with Gasteiger partial charge in [0.1, 0.15) is 0 Å². The molecule has 1 aromatic rings. The Kier molecular flexibility index (Phi) is 4.51. The van der Waals surface area contributed by atoms with Gasteiger partial charge in [0.25, 0.3) is 0 Å². The quantitative estimate of drug-likeness (QED) is 0.801. The molecule has 0 aliphatic rings. The van der Waals surface area contributed by atoms with E-state index in [4.69, 9.17) is 0 Å². The Morgan fingerprint density at radius 3 is 2.25 bits per heavy atom. The Balaban J connectivity index is 2.64. The molecule has 1 atom stereocenters. The molecular weight excluding hydrogens is 198 g/mol. The SMILES string of the molecule is CCC(NCC(C)(C)O)c1ccc(C)cc1. The average Bonchev–Trinajstić information content (AvgIpc) is 2.20. The summed E-state index contributed by atoms with van der Waals surface area (Å²) >= 11 is 0. The predicted octanol–water partition coefficient (Wildman–Crippen LogP) is 2.81. The van der Waals surface area contributed by atoms with Crippen molar-refractivity contribution in [1.29, 1.82) is 0 Å². The summed E-state index contributed by atoms with van der Waals surface area (Å²) in [4.78, 5) is 0. The van der Waals surface area contributed by atoms with E-state index in [1.165, 1.54) is 11.1 Å². The maximum absolute atomic E-state index is 9.69. The Hall–Kier alpha value is -0.860. The second-order valence-electron chi connectivity index (χ2n) is 5.06. The Morgan fingerprint density at radius 2 is 1.81 bits per heavy atom. The normalized spacial score (nSPS) is 13.8. The highest BCUT2D eigenvalue weighted by atomic mass is 16.3. The van der Waals surface area contributed by atoms with E-state index in [9.17, 15) is 5.11 Å². The molecule has 2 nitrogen and oxygen atoms in total. The Morgan fingerprint density at radius 1 is 1.25 bits per heavy atom. The van der Waals surface area contributed by atoms with Crippen LogP contribution in [0.2, 0.25) is 0 Å².